The smallest absolute Gasteiger partial charge is 0.246 e. The van der Waals surface area contributed by atoms with Crippen molar-refractivity contribution in [3.8, 4) is 5.75 Å². The van der Waals surface area contributed by atoms with Crippen LogP contribution in [0.1, 0.15) is 58.3 Å². The lowest BCUT2D eigenvalue weighted by atomic mass is 9.74. The molecule has 1 aromatic rings. The van der Waals surface area contributed by atoms with Crippen LogP contribution in [0.3, 0.4) is 0 Å². The van der Waals surface area contributed by atoms with Crippen molar-refractivity contribution < 1.29 is 23.9 Å². The zero-order valence-corrected chi connectivity index (χ0v) is 23.6. The molecule has 1 aliphatic carbocycles. The number of piperidine rings is 1. The van der Waals surface area contributed by atoms with Gasteiger partial charge < -0.3 is 25.0 Å². The van der Waals surface area contributed by atoms with Crippen molar-refractivity contribution in [3.05, 3.63) is 36.4 Å². The molecule has 4 fully saturated rings. The Labute approximate surface area is 236 Å². The van der Waals surface area contributed by atoms with Gasteiger partial charge in [-0.05, 0) is 63.4 Å². The van der Waals surface area contributed by atoms with Gasteiger partial charge >= 0.3 is 0 Å². The van der Waals surface area contributed by atoms with Gasteiger partial charge in [0.15, 0.2) is 0 Å². The number of benzene rings is 1. The van der Waals surface area contributed by atoms with Crippen molar-refractivity contribution in [2.24, 2.45) is 11.8 Å². The first kappa shape index (κ1) is 27.3. The Balaban J connectivity index is 1.26. The molecule has 9 nitrogen and oxygen atoms in total. The van der Waals surface area contributed by atoms with Crippen LogP contribution in [-0.2, 0) is 19.1 Å². The Bertz CT molecular complexity index is 1150. The Morgan fingerprint density at radius 2 is 1.77 bits per heavy atom. The first-order valence-electron chi connectivity index (χ1n) is 15.1. The first-order valence-corrected chi connectivity index (χ1v) is 15.1. The van der Waals surface area contributed by atoms with E-state index in [0.29, 0.717) is 30.6 Å². The van der Waals surface area contributed by atoms with Crippen LogP contribution in [0.4, 0.5) is 5.69 Å². The molecule has 9 heteroatoms. The Hall–Kier alpha value is -2.91. The summed E-state index contributed by atoms with van der Waals surface area (Å²) in [5, 5.41) is 6.25. The van der Waals surface area contributed by atoms with Gasteiger partial charge in [0.25, 0.3) is 0 Å². The molecule has 0 aromatic heterocycles. The lowest BCUT2D eigenvalue weighted by Crippen LogP contribution is -2.57. The van der Waals surface area contributed by atoms with Gasteiger partial charge in [-0.2, -0.15) is 0 Å². The van der Waals surface area contributed by atoms with Gasteiger partial charge in [0, 0.05) is 30.9 Å². The van der Waals surface area contributed by atoms with Gasteiger partial charge in [0.1, 0.15) is 17.4 Å². The molecule has 6 rings (SSSR count). The number of nitrogens with one attached hydrogen (secondary N) is 2. The van der Waals surface area contributed by atoms with Crippen molar-refractivity contribution in [3.63, 3.8) is 0 Å². The summed E-state index contributed by atoms with van der Waals surface area (Å²) in [7, 11) is 1.59. The van der Waals surface area contributed by atoms with Crippen LogP contribution in [0.5, 0.6) is 5.75 Å². The summed E-state index contributed by atoms with van der Waals surface area (Å²) in [5.41, 5.74) is -0.504. The largest absolute Gasteiger partial charge is 0.497 e. The zero-order valence-electron chi connectivity index (χ0n) is 23.6. The molecule has 1 saturated carbocycles. The summed E-state index contributed by atoms with van der Waals surface area (Å²) in [5.74, 6) is -1.33. The number of rotatable bonds is 8. The molecule has 1 spiro atoms. The molecule has 4 aliphatic heterocycles. The number of amides is 3. The van der Waals surface area contributed by atoms with E-state index in [1.807, 2.05) is 12.2 Å². The minimum absolute atomic E-state index is 0.118. The van der Waals surface area contributed by atoms with Crippen LogP contribution in [-0.4, -0.2) is 84.1 Å². The molecule has 216 valence electrons. The summed E-state index contributed by atoms with van der Waals surface area (Å²) in [6.07, 6.45) is 12.1. The summed E-state index contributed by atoms with van der Waals surface area (Å²) in [6, 6.07) is 6.90. The van der Waals surface area contributed by atoms with E-state index < -0.39 is 29.6 Å². The number of anilines is 1. The molecular weight excluding hydrogens is 508 g/mol. The van der Waals surface area contributed by atoms with Gasteiger partial charge in [-0.15, -0.1) is 0 Å². The maximum absolute atomic E-state index is 14.2. The van der Waals surface area contributed by atoms with E-state index in [2.05, 4.69) is 22.5 Å². The van der Waals surface area contributed by atoms with E-state index in [9.17, 15) is 14.4 Å². The fourth-order valence-corrected chi connectivity index (χ4v) is 7.66. The van der Waals surface area contributed by atoms with Gasteiger partial charge in [0.05, 0.1) is 25.0 Å². The van der Waals surface area contributed by atoms with Crippen molar-refractivity contribution >= 4 is 23.4 Å². The summed E-state index contributed by atoms with van der Waals surface area (Å²) in [6.45, 7) is 4.39. The summed E-state index contributed by atoms with van der Waals surface area (Å²) < 4.78 is 11.7. The summed E-state index contributed by atoms with van der Waals surface area (Å²) in [4.78, 5) is 46.0. The fourth-order valence-electron chi connectivity index (χ4n) is 7.66. The van der Waals surface area contributed by atoms with Crippen LogP contribution >= 0.6 is 0 Å². The molecule has 3 saturated heterocycles. The highest BCUT2D eigenvalue weighted by Crippen LogP contribution is 2.55. The van der Waals surface area contributed by atoms with Crippen molar-refractivity contribution in [2.75, 3.05) is 32.1 Å². The Morgan fingerprint density at radius 3 is 2.50 bits per heavy atom. The zero-order chi connectivity index (χ0) is 27.9. The summed E-state index contributed by atoms with van der Waals surface area (Å²) >= 11 is 0. The number of nitrogens with zero attached hydrogens (tertiary/aromatic N) is 2. The molecule has 40 heavy (non-hydrogen) atoms. The van der Waals surface area contributed by atoms with Crippen molar-refractivity contribution in [1.29, 1.82) is 0 Å². The number of methoxy groups -OCH3 is 1. The molecule has 2 bridgehead atoms. The van der Waals surface area contributed by atoms with Gasteiger partial charge in [-0.1, -0.05) is 37.8 Å². The van der Waals surface area contributed by atoms with Crippen LogP contribution in [0.15, 0.2) is 36.4 Å². The standard InChI is InChI=1S/C31H42N4O5/c1-20-8-6-7-17-34(20)18-19-35-27(29(37)33-21-9-4-3-5-10-21)31-16-15-24(40-31)25(26(31)30(35)38)28(36)32-22-11-13-23(39-2)14-12-22/h11-16,20-21,24-27H,3-10,17-19H2,1-2H3,(H,32,36)(H,33,37)/t20-,24+,25-,26+,27-,31+/m1/s1. The number of hydrogen-bond acceptors (Lipinski definition) is 6. The third-order valence-electron chi connectivity index (χ3n) is 9.80. The van der Waals surface area contributed by atoms with E-state index in [-0.39, 0.29) is 23.8 Å². The van der Waals surface area contributed by atoms with Crippen LogP contribution in [0.2, 0.25) is 0 Å². The Kier molecular flexibility index (Phi) is 7.61. The quantitative estimate of drug-likeness (QED) is 0.483. The van der Waals surface area contributed by atoms with Gasteiger partial charge in [-0.25, -0.2) is 0 Å². The van der Waals surface area contributed by atoms with Gasteiger partial charge in [-0.3, -0.25) is 19.3 Å². The number of likely N-dealkylation sites (tertiary alicyclic amines) is 2. The van der Waals surface area contributed by atoms with Crippen LogP contribution in [0.25, 0.3) is 0 Å². The van der Waals surface area contributed by atoms with E-state index in [0.717, 1.165) is 45.1 Å². The maximum atomic E-state index is 14.2. The lowest BCUT2D eigenvalue weighted by molar-refractivity contribution is -0.141. The first-order chi connectivity index (χ1) is 19.4. The minimum Gasteiger partial charge on any atom is -0.497 e. The van der Waals surface area contributed by atoms with Crippen molar-refractivity contribution in [1.82, 2.24) is 15.1 Å². The predicted molar refractivity (Wildman–Crippen MR) is 151 cm³/mol. The highest BCUT2D eigenvalue weighted by atomic mass is 16.5. The number of ether oxygens (including phenoxy) is 2. The van der Waals surface area contributed by atoms with E-state index in [1.165, 1.54) is 12.8 Å². The second-order valence-electron chi connectivity index (χ2n) is 12.2. The fraction of sp³-hybridized carbons (Fsp3) is 0.645. The van der Waals surface area contributed by atoms with E-state index in [4.69, 9.17) is 9.47 Å². The highest BCUT2D eigenvalue weighted by molar-refractivity contribution is 6.02. The number of hydrogen-bond donors (Lipinski definition) is 2. The molecular formula is C31H42N4O5. The average Bonchev–Trinajstić information content (AvgIpc) is 3.61. The third kappa shape index (κ3) is 4.81. The average molecular weight is 551 g/mol. The number of carbonyl (C=O) groups excluding carboxylic acids is 3. The molecule has 0 radical (unpaired) electrons. The molecule has 5 aliphatic rings. The van der Waals surface area contributed by atoms with Crippen molar-refractivity contribution in [2.45, 2.75) is 88.1 Å². The number of fused-ring (bicyclic) bond motifs is 1. The molecule has 4 heterocycles. The van der Waals surface area contributed by atoms with Crippen LogP contribution in [0, 0.1) is 11.8 Å². The third-order valence-corrected chi connectivity index (χ3v) is 9.80. The monoisotopic (exact) mass is 550 g/mol. The molecule has 0 unspecified atom stereocenters. The SMILES string of the molecule is COc1ccc(NC(=O)[C@@H]2[C@@H]3C=C[C@]4(O3)[C@@H]2C(=O)N(CCN2CCCC[C@H]2C)[C@@H]4C(=O)NC2CCCCC2)cc1. The van der Waals surface area contributed by atoms with E-state index in [1.54, 1.807) is 36.3 Å². The normalized spacial score (nSPS) is 33.7. The Morgan fingerprint density at radius 1 is 1.02 bits per heavy atom. The van der Waals surface area contributed by atoms with E-state index >= 15 is 0 Å². The topological polar surface area (TPSA) is 100 Å². The highest BCUT2D eigenvalue weighted by Gasteiger charge is 2.72. The second kappa shape index (κ2) is 11.2. The molecule has 3 amide bonds. The number of carbonyl (C=O) groups is 3. The van der Waals surface area contributed by atoms with Crippen LogP contribution < -0.4 is 15.4 Å². The predicted octanol–water partition coefficient (Wildman–Crippen LogP) is 3.11. The second-order valence-corrected chi connectivity index (χ2v) is 12.2. The maximum Gasteiger partial charge on any atom is 0.246 e. The lowest BCUT2D eigenvalue weighted by Gasteiger charge is -2.37. The molecule has 6 atom stereocenters. The molecule has 1 aromatic carbocycles. The van der Waals surface area contributed by atoms with Gasteiger partial charge in [0.2, 0.25) is 17.7 Å². The minimum atomic E-state index is -1.13. The molecule has 2 N–H and O–H groups in total.